The Kier molecular flexibility index (Phi) is 7.78. The maximum absolute atomic E-state index is 13.0. The van der Waals surface area contributed by atoms with Crippen molar-refractivity contribution in [2.45, 2.75) is 12.5 Å². The third-order valence-electron chi connectivity index (χ3n) is 4.60. The molecule has 3 N–H and O–H groups in total. The number of hydrogen-bond donors (Lipinski definition) is 3. The van der Waals surface area contributed by atoms with Gasteiger partial charge in [0.1, 0.15) is 11.7 Å². The molecule has 0 aromatic heterocycles. The molecule has 3 rings (SSSR count). The van der Waals surface area contributed by atoms with Crippen molar-refractivity contribution >= 4 is 35.5 Å². The van der Waals surface area contributed by atoms with Crippen LogP contribution in [-0.4, -0.2) is 28.9 Å². The molecule has 0 aliphatic carbocycles. The van der Waals surface area contributed by atoms with E-state index in [1.54, 1.807) is 78.9 Å². The summed E-state index contributed by atoms with van der Waals surface area (Å²) in [4.78, 5) is 37.4. The lowest BCUT2D eigenvalue weighted by Crippen LogP contribution is -2.45. The Morgan fingerprint density at radius 2 is 1.47 bits per heavy atom. The Morgan fingerprint density at radius 1 is 0.875 bits per heavy atom. The number of amides is 2. The molecule has 0 bridgehead atoms. The van der Waals surface area contributed by atoms with E-state index < -0.39 is 23.8 Å². The average Bonchev–Trinajstić information content (AvgIpc) is 2.80. The van der Waals surface area contributed by atoms with E-state index in [0.717, 1.165) is 5.56 Å². The van der Waals surface area contributed by atoms with E-state index in [9.17, 15) is 19.5 Å². The number of nitrogens with one attached hydrogen (secondary N) is 2. The largest absolute Gasteiger partial charge is 0.480 e. The number of carboxylic acids is 1. The van der Waals surface area contributed by atoms with E-state index in [0.29, 0.717) is 16.1 Å². The Balaban J connectivity index is 1.85. The molecule has 32 heavy (non-hydrogen) atoms. The molecule has 3 aromatic carbocycles. The number of halogens is 1. The van der Waals surface area contributed by atoms with Crippen LogP contribution in [0.1, 0.15) is 21.5 Å². The lowest BCUT2D eigenvalue weighted by molar-refractivity contribution is -0.141. The first-order valence-electron chi connectivity index (χ1n) is 9.83. The van der Waals surface area contributed by atoms with Crippen LogP contribution in [0.25, 0.3) is 6.08 Å². The standard InChI is InChI=1S/C25H21ClN2O4/c26-20-13-11-18(12-14-20)15-21(27-23(29)19-9-5-2-6-10-19)24(30)28-22(25(31)32)16-17-7-3-1-4-8-17/h1-15,22H,16H2,(H,27,29)(H,28,30)(H,31,32)/b21-15+/t22-/m0/s1. The summed E-state index contributed by atoms with van der Waals surface area (Å²) in [6.45, 7) is 0. The molecule has 0 unspecified atom stereocenters. The average molecular weight is 449 g/mol. The van der Waals surface area contributed by atoms with Crippen LogP contribution in [0.2, 0.25) is 5.02 Å². The predicted octanol–water partition coefficient (Wildman–Crippen LogP) is 3.92. The van der Waals surface area contributed by atoms with Crippen molar-refractivity contribution in [3.63, 3.8) is 0 Å². The molecule has 0 radical (unpaired) electrons. The van der Waals surface area contributed by atoms with Gasteiger partial charge in [-0.1, -0.05) is 72.3 Å². The first-order chi connectivity index (χ1) is 15.4. The summed E-state index contributed by atoms with van der Waals surface area (Å²) >= 11 is 5.92. The highest BCUT2D eigenvalue weighted by molar-refractivity contribution is 6.30. The molecule has 0 fully saturated rings. The Hall–Kier alpha value is -3.90. The highest BCUT2D eigenvalue weighted by atomic mass is 35.5. The number of hydrogen-bond acceptors (Lipinski definition) is 3. The second-order valence-electron chi connectivity index (χ2n) is 6.98. The zero-order valence-corrected chi connectivity index (χ0v) is 17.8. The van der Waals surface area contributed by atoms with E-state index >= 15 is 0 Å². The van der Waals surface area contributed by atoms with Crippen LogP contribution in [0.15, 0.2) is 90.6 Å². The first kappa shape index (κ1) is 22.8. The van der Waals surface area contributed by atoms with Gasteiger partial charge in [0.25, 0.3) is 11.8 Å². The highest BCUT2D eigenvalue weighted by Gasteiger charge is 2.23. The number of aliphatic carboxylic acids is 1. The molecule has 0 aliphatic rings. The van der Waals surface area contributed by atoms with Crippen molar-refractivity contribution in [3.05, 3.63) is 112 Å². The molecule has 0 heterocycles. The van der Waals surface area contributed by atoms with E-state index in [1.165, 1.54) is 6.08 Å². The van der Waals surface area contributed by atoms with E-state index in [1.807, 2.05) is 6.07 Å². The van der Waals surface area contributed by atoms with Crippen molar-refractivity contribution in [1.29, 1.82) is 0 Å². The monoisotopic (exact) mass is 448 g/mol. The van der Waals surface area contributed by atoms with Crippen molar-refractivity contribution in [2.24, 2.45) is 0 Å². The lowest BCUT2D eigenvalue weighted by Gasteiger charge is -2.17. The van der Waals surface area contributed by atoms with Gasteiger partial charge in [0.05, 0.1) is 0 Å². The predicted molar refractivity (Wildman–Crippen MR) is 123 cm³/mol. The number of carbonyl (C=O) groups is 3. The third-order valence-corrected chi connectivity index (χ3v) is 4.85. The van der Waals surface area contributed by atoms with Gasteiger partial charge in [0.2, 0.25) is 0 Å². The van der Waals surface area contributed by atoms with Crippen LogP contribution in [0.3, 0.4) is 0 Å². The number of benzene rings is 3. The maximum atomic E-state index is 13.0. The molecule has 3 aromatic rings. The smallest absolute Gasteiger partial charge is 0.326 e. The minimum absolute atomic E-state index is 0.0829. The molecule has 6 nitrogen and oxygen atoms in total. The topological polar surface area (TPSA) is 95.5 Å². The van der Waals surface area contributed by atoms with Gasteiger partial charge >= 0.3 is 5.97 Å². The van der Waals surface area contributed by atoms with Crippen molar-refractivity contribution in [2.75, 3.05) is 0 Å². The van der Waals surface area contributed by atoms with Crippen molar-refractivity contribution < 1.29 is 19.5 Å². The van der Waals surface area contributed by atoms with Crippen LogP contribution < -0.4 is 10.6 Å². The summed E-state index contributed by atoms with van der Waals surface area (Å²) in [6.07, 6.45) is 1.57. The van der Waals surface area contributed by atoms with Crippen LogP contribution >= 0.6 is 11.6 Å². The Labute approximate surface area is 190 Å². The maximum Gasteiger partial charge on any atom is 0.326 e. The molecule has 0 saturated heterocycles. The van der Waals surface area contributed by atoms with Gasteiger partial charge in [0.15, 0.2) is 0 Å². The van der Waals surface area contributed by atoms with Gasteiger partial charge in [-0.25, -0.2) is 4.79 Å². The molecule has 2 amide bonds. The zero-order valence-electron chi connectivity index (χ0n) is 17.0. The molecule has 0 aliphatic heterocycles. The van der Waals surface area contributed by atoms with E-state index in [4.69, 9.17) is 11.6 Å². The molecule has 0 saturated carbocycles. The molecule has 1 atom stereocenters. The summed E-state index contributed by atoms with van der Waals surface area (Å²) < 4.78 is 0. The molecule has 0 spiro atoms. The summed E-state index contributed by atoms with van der Waals surface area (Å²) in [5, 5.41) is 15.2. The summed E-state index contributed by atoms with van der Waals surface area (Å²) in [5.41, 5.74) is 1.65. The quantitative estimate of drug-likeness (QED) is 0.455. The molecule has 162 valence electrons. The fourth-order valence-corrected chi connectivity index (χ4v) is 3.08. The van der Waals surface area contributed by atoms with Gasteiger partial charge in [-0.3, -0.25) is 9.59 Å². The third kappa shape index (κ3) is 6.55. The zero-order chi connectivity index (χ0) is 22.9. The van der Waals surface area contributed by atoms with Gasteiger partial charge in [-0.05, 0) is 41.5 Å². The number of rotatable bonds is 8. The van der Waals surface area contributed by atoms with Gasteiger partial charge in [-0.15, -0.1) is 0 Å². The number of carbonyl (C=O) groups excluding carboxylic acids is 2. The fourth-order valence-electron chi connectivity index (χ4n) is 2.95. The van der Waals surface area contributed by atoms with Crippen molar-refractivity contribution in [3.8, 4) is 0 Å². The number of carboxylic acid groups (broad SMARTS) is 1. The van der Waals surface area contributed by atoms with Gasteiger partial charge < -0.3 is 15.7 Å². The van der Waals surface area contributed by atoms with Gasteiger partial charge in [0, 0.05) is 17.0 Å². The molecular formula is C25H21ClN2O4. The van der Waals surface area contributed by atoms with Gasteiger partial charge in [-0.2, -0.15) is 0 Å². The SMILES string of the molecule is O=C(N[C@@H](Cc1ccccc1)C(=O)O)/C(=C\c1ccc(Cl)cc1)NC(=O)c1ccccc1. The normalized spacial score (nSPS) is 12.0. The summed E-state index contributed by atoms with van der Waals surface area (Å²) in [7, 11) is 0. The Bertz CT molecular complexity index is 1110. The second-order valence-corrected chi connectivity index (χ2v) is 7.42. The van der Waals surface area contributed by atoms with E-state index in [2.05, 4.69) is 10.6 Å². The Morgan fingerprint density at radius 3 is 2.06 bits per heavy atom. The summed E-state index contributed by atoms with van der Waals surface area (Å²) in [6, 6.07) is 22.9. The minimum Gasteiger partial charge on any atom is -0.480 e. The molecule has 7 heteroatoms. The van der Waals surface area contributed by atoms with Crippen LogP contribution in [0, 0.1) is 0 Å². The van der Waals surface area contributed by atoms with Crippen molar-refractivity contribution in [1.82, 2.24) is 10.6 Å². The highest BCUT2D eigenvalue weighted by Crippen LogP contribution is 2.13. The summed E-state index contributed by atoms with van der Waals surface area (Å²) in [5.74, 6) is -2.38. The minimum atomic E-state index is -1.18. The van der Waals surface area contributed by atoms with Crippen LogP contribution in [0.4, 0.5) is 0 Å². The fraction of sp³-hybridized carbons (Fsp3) is 0.0800. The van der Waals surface area contributed by atoms with E-state index in [-0.39, 0.29) is 12.1 Å². The molecular weight excluding hydrogens is 428 g/mol. The second kappa shape index (κ2) is 10.9. The van der Waals surface area contributed by atoms with Crippen LogP contribution in [0.5, 0.6) is 0 Å². The lowest BCUT2D eigenvalue weighted by atomic mass is 10.1. The first-order valence-corrected chi connectivity index (χ1v) is 10.2. The van der Waals surface area contributed by atoms with Crippen LogP contribution in [-0.2, 0) is 16.0 Å².